The number of benzene rings is 1. The van der Waals surface area contributed by atoms with Gasteiger partial charge in [-0.25, -0.2) is 0 Å². The first-order valence-corrected chi connectivity index (χ1v) is 12.3. The monoisotopic (exact) mass is 440 g/mol. The summed E-state index contributed by atoms with van der Waals surface area (Å²) in [7, 11) is 0. The molecule has 2 fully saturated rings. The van der Waals surface area contributed by atoms with Crippen LogP contribution < -0.4 is 5.32 Å². The number of carbonyl (C=O) groups is 2. The molecule has 31 heavy (non-hydrogen) atoms. The lowest BCUT2D eigenvalue weighted by atomic mass is 10.0. The molecule has 1 saturated carbocycles. The van der Waals surface area contributed by atoms with Crippen molar-refractivity contribution in [3.8, 4) is 0 Å². The number of rotatable bonds is 8. The van der Waals surface area contributed by atoms with Gasteiger partial charge in [-0.1, -0.05) is 48.7 Å². The lowest BCUT2D eigenvalue weighted by Gasteiger charge is -2.34. The number of amides is 2. The fraction of sp³-hybridized carbons (Fsp3) is 0.520. The summed E-state index contributed by atoms with van der Waals surface area (Å²) < 4.78 is 5.86. The number of carbonyl (C=O) groups excluding carboxylic acids is 2. The van der Waals surface area contributed by atoms with Crippen molar-refractivity contribution in [1.29, 1.82) is 0 Å². The topological polar surface area (TPSA) is 58.6 Å². The van der Waals surface area contributed by atoms with Crippen molar-refractivity contribution in [2.75, 3.05) is 13.2 Å². The number of hydrogen-bond donors (Lipinski definition) is 1. The number of ether oxygens (including phenoxy) is 1. The van der Waals surface area contributed by atoms with E-state index in [0.29, 0.717) is 13.0 Å². The molecule has 2 atom stereocenters. The van der Waals surface area contributed by atoms with E-state index in [2.05, 4.69) is 5.32 Å². The molecule has 2 aliphatic rings. The third-order valence-electron chi connectivity index (χ3n) is 6.30. The molecule has 6 heteroatoms. The Morgan fingerprint density at radius 2 is 1.90 bits per heavy atom. The first-order chi connectivity index (χ1) is 15.1. The standard InChI is InChI=1S/C25H32N2O3S/c1-18-10-12-19(13-11-18)24(25(29)26-20-6-2-3-7-20)27(17-21-8-4-14-30-21)23(28)16-22-9-5-15-31-22/h5,9-13,15,20-21,24H,2-4,6-8,14,16-17H2,1H3,(H,26,29). The Morgan fingerprint density at radius 1 is 1.13 bits per heavy atom. The summed E-state index contributed by atoms with van der Waals surface area (Å²) in [6, 6.07) is 11.5. The van der Waals surface area contributed by atoms with Gasteiger partial charge in [-0.3, -0.25) is 9.59 Å². The summed E-state index contributed by atoms with van der Waals surface area (Å²) in [6.07, 6.45) is 6.55. The second kappa shape index (κ2) is 10.4. The zero-order valence-electron chi connectivity index (χ0n) is 18.2. The Labute approximate surface area is 188 Å². The van der Waals surface area contributed by atoms with Gasteiger partial charge in [-0.2, -0.15) is 0 Å². The Kier molecular flexibility index (Phi) is 7.41. The van der Waals surface area contributed by atoms with Crippen LogP contribution in [0.15, 0.2) is 41.8 Å². The van der Waals surface area contributed by atoms with Crippen LogP contribution in [0, 0.1) is 6.92 Å². The number of thiophene rings is 1. The normalized spacial score (nSPS) is 20.0. The molecule has 2 unspecified atom stereocenters. The number of nitrogens with zero attached hydrogens (tertiary/aromatic N) is 1. The van der Waals surface area contributed by atoms with Crippen LogP contribution >= 0.6 is 11.3 Å². The number of hydrogen-bond acceptors (Lipinski definition) is 4. The molecule has 4 rings (SSSR count). The smallest absolute Gasteiger partial charge is 0.247 e. The van der Waals surface area contributed by atoms with E-state index < -0.39 is 6.04 Å². The van der Waals surface area contributed by atoms with Crippen molar-refractivity contribution >= 4 is 23.2 Å². The summed E-state index contributed by atoms with van der Waals surface area (Å²) >= 11 is 1.58. The van der Waals surface area contributed by atoms with Gasteiger partial charge in [0.05, 0.1) is 12.5 Å². The number of aryl methyl sites for hydroxylation is 1. The highest BCUT2D eigenvalue weighted by Gasteiger charge is 2.35. The average molecular weight is 441 g/mol. The molecule has 1 N–H and O–H groups in total. The van der Waals surface area contributed by atoms with Crippen LogP contribution in [0.4, 0.5) is 0 Å². The summed E-state index contributed by atoms with van der Waals surface area (Å²) in [5.41, 5.74) is 1.99. The molecule has 2 aromatic rings. The SMILES string of the molecule is Cc1ccc(C(C(=O)NC2CCCC2)N(CC2CCCO2)C(=O)Cc2cccs2)cc1. The molecule has 0 bridgehead atoms. The molecule has 0 radical (unpaired) electrons. The van der Waals surface area contributed by atoms with E-state index in [-0.39, 0.29) is 24.0 Å². The molecule has 1 aromatic heterocycles. The van der Waals surface area contributed by atoms with E-state index >= 15 is 0 Å². The predicted molar refractivity (Wildman–Crippen MR) is 123 cm³/mol. The van der Waals surface area contributed by atoms with Crippen LogP contribution in [0.3, 0.4) is 0 Å². The van der Waals surface area contributed by atoms with E-state index in [9.17, 15) is 9.59 Å². The van der Waals surface area contributed by atoms with E-state index in [4.69, 9.17) is 4.74 Å². The van der Waals surface area contributed by atoms with Gasteiger partial charge in [0.1, 0.15) is 6.04 Å². The van der Waals surface area contributed by atoms with E-state index in [1.54, 1.807) is 16.2 Å². The van der Waals surface area contributed by atoms with E-state index in [1.807, 2.05) is 48.7 Å². The van der Waals surface area contributed by atoms with Crippen LogP contribution in [0.2, 0.25) is 0 Å². The minimum atomic E-state index is -0.641. The lowest BCUT2D eigenvalue weighted by molar-refractivity contribution is -0.142. The van der Waals surface area contributed by atoms with Gasteiger partial charge in [-0.05, 0) is 49.6 Å². The maximum Gasteiger partial charge on any atom is 0.247 e. The highest BCUT2D eigenvalue weighted by molar-refractivity contribution is 7.10. The maximum absolute atomic E-state index is 13.6. The second-order valence-corrected chi connectivity index (χ2v) is 9.77. The van der Waals surface area contributed by atoms with E-state index in [1.165, 1.54) is 0 Å². The first kappa shape index (κ1) is 22.0. The molecular weight excluding hydrogens is 408 g/mol. The third-order valence-corrected chi connectivity index (χ3v) is 7.18. The molecule has 2 heterocycles. The summed E-state index contributed by atoms with van der Waals surface area (Å²) in [5.74, 6) is -0.0987. The Morgan fingerprint density at radius 3 is 2.55 bits per heavy atom. The van der Waals surface area contributed by atoms with Crippen LogP contribution in [0.1, 0.15) is 60.6 Å². The molecule has 1 aromatic carbocycles. The van der Waals surface area contributed by atoms with Gasteiger partial charge in [0.2, 0.25) is 11.8 Å². The lowest BCUT2D eigenvalue weighted by Crippen LogP contribution is -2.48. The fourth-order valence-corrected chi connectivity index (χ4v) is 5.29. The van der Waals surface area contributed by atoms with Gasteiger partial charge < -0.3 is 15.0 Å². The molecule has 5 nitrogen and oxygen atoms in total. The van der Waals surface area contributed by atoms with Crippen LogP contribution in [0.25, 0.3) is 0 Å². The van der Waals surface area contributed by atoms with Crippen molar-refractivity contribution in [2.24, 2.45) is 0 Å². The van der Waals surface area contributed by atoms with Gasteiger partial charge in [-0.15, -0.1) is 11.3 Å². The van der Waals surface area contributed by atoms with Crippen molar-refractivity contribution in [1.82, 2.24) is 10.2 Å². The van der Waals surface area contributed by atoms with Gasteiger partial charge in [0.15, 0.2) is 0 Å². The van der Waals surface area contributed by atoms with Crippen molar-refractivity contribution in [2.45, 2.75) is 70.1 Å². The summed E-state index contributed by atoms with van der Waals surface area (Å²) in [4.78, 5) is 29.9. The molecule has 1 aliphatic carbocycles. The Bertz CT molecular complexity index is 853. The minimum absolute atomic E-state index is 0.0143. The molecule has 1 aliphatic heterocycles. The van der Waals surface area contributed by atoms with Gasteiger partial charge >= 0.3 is 0 Å². The van der Waals surface area contributed by atoms with Crippen molar-refractivity contribution in [3.05, 3.63) is 57.8 Å². The Balaban J connectivity index is 1.63. The first-order valence-electron chi connectivity index (χ1n) is 11.4. The van der Waals surface area contributed by atoms with Gasteiger partial charge in [0.25, 0.3) is 0 Å². The minimum Gasteiger partial charge on any atom is -0.376 e. The van der Waals surface area contributed by atoms with Crippen LogP contribution in [-0.4, -0.2) is 42.0 Å². The number of nitrogens with one attached hydrogen (secondary N) is 1. The molecule has 1 saturated heterocycles. The summed E-state index contributed by atoms with van der Waals surface area (Å²) in [6.45, 7) is 3.20. The van der Waals surface area contributed by atoms with E-state index in [0.717, 1.165) is 61.1 Å². The highest BCUT2D eigenvalue weighted by Crippen LogP contribution is 2.27. The largest absolute Gasteiger partial charge is 0.376 e. The average Bonchev–Trinajstić information content (AvgIpc) is 3.53. The predicted octanol–water partition coefficient (Wildman–Crippen LogP) is 4.41. The zero-order chi connectivity index (χ0) is 21.6. The van der Waals surface area contributed by atoms with Crippen LogP contribution in [0.5, 0.6) is 0 Å². The molecule has 166 valence electrons. The van der Waals surface area contributed by atoms with Crippen LogP contribution in [-0.2, 0) is 20.7 Å². The van der Waals surface area contributed by atoms with Gasteiger partial charge in [0, 0.05) is 24.1 Å². The molecule has 2 amide bonds. The van der Waals surface area contributed by atoms with Crippen molar-refractivity contribution in [3.63, 3.8) is 0 Å². The molecular formula is C25H32N2O3S. The highest BCUT2D eigenvalue weighted by atomic mass is 32.1. The fourth-order valence-electron chi connectivity index (χ4n) is 4.59. The van der Waals surface area contributed by atoms with Crippen molar-refractivity contribution < 1.29 is 14.3 Å². The molecule has 0 spiro atoms. The Hall–Kier alpha value is -2.18. The maximum atomic E-state index is 13.6. The second-order valence-electron chi connectivity index (χ2n) is 8.74. The third kappa shape index (κ3) is 5.74. The summed E-state index contributed by atoms with van der Waals surface area (Å²) in [5, 5.41) is 5.22. The zero-order valence-corrected chi connectivity index (χ0v) is 19.0. The quantitative estimate of drug-likeness (QED) is 0.662.